The van der Waals surface area contributed by atoms with E-state index < -0.39 is 0 Å². The molecule has 0 spiro atoms. The monoisotopic (exact) mass is 350 g/mol. The molecule has 0 unspecified atom stereocenters. The van der Waals surface area contributed by atoms with E-state index in [0.29, 0.717) is 5.41 Å². The largest absolute Gasteiger partial charge is 0.343 e. The Morgan fingerprint density at radius 3 is 2.62 bits per heavy atom. The molecule has 1 aromatic rings. The maximum absolute atomic E-state index is 4.61. The SMILES string of the molecule is CC(C)(C)Cc1cnc(NC2=CCCC(C)(C)C2)c(Br)c1. The highest BCUT2D eigenvalue weighted by Gasteiger charge is 2.23. The van der Waals surface area contributed by atoms with Gasteiger partial charge < -0.3 is 5.32 Å². The molecule has 0 amide bonds. The van der Waals surface area contributed by atoms with Crippen LogP contribution in [-0.2, 0) is 6.42 Å². The number of nitrogens with zero attached hydrogens (tertiary/aromatic N) is 1. The number of hydrogen-bond acceptors (Lipinski definition) is 2. The fraction of sp³-hybridized carbons (Fsp3) is 0.611. The maximum Gasteiger partial charge on any atom is 0.144 e. The first-order valence-corrected chi connectivity index (χ1v) is 8.54. The number of pyridine rings is 1. The fourth-order valence-electron chi connectivity index (χ4n) is 2.84. The van der Waals surface area contributed by atoms with Crippen LogP contribution in [0.25, 0.3) is 0 Å². The highest BCUT2D eigenvalue weighted by atomic mass is 79.9. The molecule has 1 heterocycles. The van der Waals surface area contributed by atoms with Crippen LogP contribution in [0, 0.1) is 10.8 Å². The van der Waals surface area contributed by atoms with Gasteiger partial charge in [-0.05, 0) is 64.1 Å². The lowest BCUT2D eigenvalue weighted by atomic mass is 9.79. The van der Waals surface area contributed by atoms with Crippen LogP contribution >= 0.6 is 15.9 Å². The summed E-state index contributed by atoms with van der Waals surface area (Å²) in [6.07, 6.45) is 8.83. The van der Waals surface area contributed by atoms with Crippen LogP contribution in [0.3, 0.4) is 0 Å². The van der Waals surface area contributed by atoms with E-state index in [9.17, 15) is 0 Å². The summed E-state index contributed by atoms with van der Waals surface area (Å²) in [4.78, 5) is 4.61. The Kier molecular flexibility index (Phi) is 4.82. The van der Waals surface area contributed by atoms with E-state index in [4.69, 9.17) is 0 Å². The van der Waals surface area contributed by atoms with Gasteiger partial charge in [-0.15, -0.1) is 0 Å². The zero-order chi connectivity index (χ0) is 15.7. The third kappa shape index (κ3) is 5.14. The average Bonchev–Trinajstić information content (AvgIpc) is 2.29. The summed E-state index contributed by atoms with van der Waals surface area (Å²) in [7, 11) is 0. The van der Waals surface area contributed by atoms with Gasteiger partial charge >= 0.3 is 0 Å². The molecule has 21 heavy (non-hydrogen) atoms. The third-order valence-electron chi connectivity index (χ3n) is 3.79. The fourth-order valence-corrected chi connectivity index (χ4v) is 3.33. The zero-order valence-corrected chi connectivity index (χ0v) is 15.5. The van der Waals surface area contributed by atoms with Gasteiger partial charge in [0.2, 0.25) is 0 Å². The molecular formula is C18H27BrN2. The standard InChI is InChI=1S/C18H27BrN2/c1-17(2,3)10-13-9-15(19)16(20-12-13)21-14-7-6-8-18(4,5)11-14/h7,9,12H,6,8,10-11H2,1-5H3,(H,20,21). The lowest BCUT2D eigenvalue weighted by Gasteiger charge is -2.30. The van der Waals surface area contributed by atoms with E-state index in [0.717, 1.165) is 29.6 Å². The molecular weight excluding hydrogens is 324 g/mol. The third-order valence-corrected chi connectivity index (χ3v) is 4.40. The van der Waals surface area contributed by atoms with E-state index >= 15 is 0 Å². The lowest BCUT2D eigenvalue weighted by molar-refractivity contribution is 0.321. The highest BCUT2D eigenvalue weighted by molar-refractivity contribution is 9.10. The second-order valence-corrected chi connectivity index (χ2v) is 9.00. The van der Waals surface area contributed by atoms with Crippen molar-refractivity contribution in [2.45, 2.75) is 60.3 Å². The van der Waals surface area contributed by atoms with Crippen LogP contribution in [0.1, 0.15) is 59.4 Å². The Labute approximate surface area is 137 Å². The first-order valence-electron chi connectivity index (χ1n) is 7.75. The normalized spacial score (nSPS) is 18.3. The molecule has 2 nitrogen and oxygen atoms in total. The highest BCUT2D eigenvalue weighted by Crippen LogP contribution is 2.36. The van der Waals surface area contributed by atoms with E-state index in [2.05, 4.69) is 73.0 Å². The van der Waals surface area contributed by atoms with Crippen molar-refractivity contribution in [2.24, 2.45) is 10.8 Å². The van der Waals surface area contributed by atoms with Gasteiger partial charge in [-0.3, -0.25) is 0 Å². The van der Waals surface area contributed by atoms with Crippen molar-refractivity contribution in [1.82, 2.24) is 4.98 Å². The van der Waals surface area contributed by atoms with Gasteiger partial charge in [-0.2, -0.15) is 0 Å². The molecule has 0 atom stereocenters. The molecule has 0 aromatic carbocycles. The average molecular weight is 351 g/mol. The summed E-state index contributed by atoms with van der Waals surface area (Å²) < 4.78 is 1.05. The molecule has 1 N–H and O–H groups in total. The van der Waals surface area contributed by atoms with Gasteiger partial charge in [0.25, 0.3) is 0 Å². The Bertz CT molecular complexity index is 539. The van der Waals surface area contributed by atoms with Gasteiger partial charge in [0, 0.05) is 11.9 Å². The second-order valence-electron chi connectivity index (χ2n) is 8.15. The molecule has 2 rings (SSSR count). The Morgan fingerprint density at radius 1 is 1.33 bits per heavy atom. The number of allylic oxidation sites excluding steroid dienone is 2. The molecule has 1 aromatic heterocycles. The molecule has 1 aliphatic rings. The van der Waals surface area contributed by atoms with Crippen LogP contribution in [0.2, 0.25) is 0 Å². The van der Waals surface area contributed by atoms with E-state index in [1.54, 1.807) is 0 Å². The first-order chi connectivity index (χ1) is 9.65. The molecule has 0 fully saturated rings. The minimum absolute atomic E-state index is 0.284. The molecule has 1 aliphatic carbocycles. The molecule has 3 heteroatoms. The van der Waals surface area contributed by atoms with Gasteiger partial charge in [0.05, 0.1) is 4.47 Å². The summed E-state index contributed by atoms with van der Waals surface area (Å²) in [5.74, 6) is 0.927. The van der Waals surface area contributed by atoms with Gasteiger partial charge in [-0.25, -0.2) is 4.98 Å². The lowest BCUT2D eigenvalue weighted by Crippen LogP contribution is -2.19. The van der Waals surface area contributed by atoms with Crippen LogP contribution in [0.15, 0.2) is 28.5 Å². The van der Waals surface area contributed by atoms with E-state index in [1.165, 1.54) is 17.7 Å². The predicted octanol–water partition coefficient (Wildman–Crippen LogP) is 5.94. The Morgan fingerprint density at radius 2 is 2.05 bits per heavy atom. The maximum atomic E-state index is 4.61. The zero-order valence-electron chi connectivity index (χ0n) is 13.9. The number of hydrogen-bond donors (Lipinski definition) is 1. The van der Waals surface area contributed by atoms with Crippen LogP contribution in [0.5, 0.6) is 0 Å². The van der Waals surface area contributed by atoms with Gasteiger partial charge in [0.15, 0.2) is 0 Å². The summed E-state index contributed by atoms with van der Waals surface area (Å²) in [5.41, 5.74) is 3.24. The number of nitrogens with one attached hydrogen (secondary N) is 1. The summed E-state index contributed by atoms with van der Waals surface area (Å²) >= 11 is 3.66. The molecule has 0 radical (unpaired) electrons. The predicted molar refractivity (Wildman–Crippen MR) is 94.4 cm³/mol. The van der Waals surface area contributed by atoms with Crippen molar-refractivity contribution in [2.75, 3.05) is 5.32 Å². The summed E-state index contributed by atoms with van der Waals surface area (Å²) in [5, 5.41) is 3.50. The van der Waals surface area contributed by atoms with Gasteiger partial charge in [0.1, 0.15) is 5.82 Å². The van der Waals surface area contributed by atoms with E-state index in [-0.39, 0.29) is 5.41 Å². The number of anilines is 1. The van der Waals surface area contributed by atoms with Crippen LogP contribution in [0.4, 0.5) is 5.82 Å². The van der Waals surface area contributed by atoms with Crippen LogP contribution < -0.4 is 5.32 Å². The van der Waals surface area contributed by atoms with Gasteiger partial charge in [-0.1, -0.05) is 40.7 Å². The molecule has 0 saturated carbocycles. The number of aromatic nitrogens is 1. The van der Waals surface area contributed by atoms with Crippen LogP contribution in [-0.4, -0.2) is 4.98 Å². The molecule has 0 saturated heterocycles. The Hall–Kier alpha value is -0.830. The molecule has 0 aliphatic heterocycles. The number of rotatable bonds is 3. The van der Waals surface area contributed by atoms with Crippen molar-refractivity contribution in [3.8, 4) is 0 Å². The minimum Gasteiger partial charge on any atom is -0.343 e. The Balaban J connectivity index is 2.10. The minimum atomic E-state index is 0.284. The summed E-state index contributed by atoms with van der Waals surface area (Å²) in [6, 6.07) is 2.19. The first kappa shape index (κ1) is 16.5. The van der Waals surface area contributed by atoms with Crippen molar-refractivity contribution in [3.05, 3.63) is 34.1 Å². The topological polar surface area (TPSA) is 24.9 Å². The van der Waals surface area contributed by atoms with Crippen molar-refractivity contribution >= 4 is 21.7 Å². The smallest absolute Gasteiger partial charge is 0.144 e. The van der Waals surface area contributed by atoms with Crippen molar-refractivity contribution in [3.63, 3.8) is 0 Å². The van der Waals surface area contributed by atoms with Crippen molar-refractivity contribution < 1.29 is 0 Å². The quantitative estimate of drug-likeness (QED) is 0.729. The second kappa shape index (κ2) is 6.12. The number of halogens is 1. The summed E-state index contributed by atoms with van der Waals surface area (Å²) in [6.45, 7) is 11.4. The molecule has 116 valence electrons. The van der Waals surface area contributed by atoms with E-state index in [1.807, 2.05) is 6.20 Å². The van der Waals surface area contributed by atoms with Crippen molar-refractivity contribution in [1.29, 1.82) is 0 Å². The molecule has 0 bridgehead atoms.